The van der Waals surface area contributed by atoms with E-state index in [-0.39, 0.29) is 24.3 Å². The molecular formula is C27H28N2O3. The van der Waals surface area contributed by atoms with Crippen molar-refractivity contribution >= 4 is 16.8 Å². The zero-order chi connectivity index (χ0) is 22.5. The van der Waals surface area contributed by atoms with Crippen molar-refractivity contribution in [3.8, 4) is 11.5 Å². The molecule has 4 aromatic rings. The summed E-state index contributed by atoms with van der Waals surface area (Å²) in [7, 11) is 3.25. The highest BCUT2D eigenvalue weighted by molar-refractivity contribution is 5.86. The fourth-order valence-electron chi connectivity index (χ4n) is 4.27. The molecule has 0 radical (unpaired) electrons. The molecule has 0 aliphatic carbocycles. The number of aromatic amines is 1. The van der Waals surface area contributed by atoms with Crippen molar-refractivity contribution < 1.29 is 14.3 Å². The first-order chi connectivity index (χ1) is 15.6. The molecule has 0 spiro atoms. The number of amides is 1. The second kappa shape index (κ2) is 9.60. The van der Waals surface area contributed by atoms with Gasteiger partial charge in [0.1, 0.15) is 0 Å². The molecule has 5 nitrogen and oxygen atoms in total. The fraction of sp³-hybridized carbons (Fsp3) is 0.222. The topological polar surface area (TPSA) is 63.3 Å². The smallest absolute Gasteiger partial charge is 0.221 e. The molecule has 0 bridgehead atoms. The maximum atomic E-state index is 13.2. The first-order valence-electron chi connectivity index (χ1n) is 10.7. The summed E-state index contributed by atoms with van der Waals surface area (Å²) in [6.45, 7) is 2.00. The first-order valence-corrected chi connectivity index (χ1v) is 10.7. The lowest BCUT2D eigenvalue weighted by Crippen LogP contribution is -2.28. The Balaban J connectivity index is 1.71. The lowest BCUT2D eigenvalue weighted by atomic mass is 9.87. The average Bonchev–Trinajstić information content (AvgIpc) is 3.26. The van der Waals surface area contributed by atoms with E-state index in [2.05, 4.69) is 16.4 Å². The highest BCUT2D eigenvalue weighted by Gasteiger charge is 2.26. The van der Waals surface area contributed by atoms with E-state index in [1.165, 1.54) is 0 Å². The quantitative estimate of drug-likeness (QED) is 0.385. The van der Waals surface area contributed by atoms with Gasteiger partial charge in [0.15, 0.2) is 11.5 Å². The normalized spacial score (nSPS) is 12.8. The predicted octanol–water partition coefficient (Wildman–Crippen LogP) is 5.58. The Bertz CT molecular complexity index is 1200. The minimum atomic E-state index is -0.209. The van der Waals surface area contributed by atoms with E-state index < -0.39 is 0 Å². The Kier molecular flexibility index (Phi) is 6.45. The summed E-state index contributed by atoms with van der Waals surface area (Å²) in [6, 6.07) is 23.8. The van der Waals surface area contributed by atoms with Gasteiger partial charge in [-0.3, -0.25) is 4.79 Å². The number of carbonyl (C=O) groups excluding carboxylic acids is 1. The molecule has 2 atom stereocenters. The molecule has 5 heteroatoms. The molecule has 0 saturated heterocycles. The molecular weight excluding hydrogens is 400 g/mol. The summed E-state index contributed by atoms with van der Waals surface area (Å²) >= 11 is 0. The second-order valence-corrected chi connectivity index (χ2v) is 7.83. The Morgan fingerprint density at radius 1 is 0.906 bits per heavy atom. The monoisotopic (exact) mass is 428 g/mol. The predicted molar refractivity (Wildman–Crippen MR) is 127 cm³/mol. The zero-order valence-electron chi connectivity index (χ0n) is 18.6. The molecule has 1 amide bonds. The Labute approximate surface area is 188 Å². The lowest BCUT2D eigenvalue weighted by molar-refractivity contribution is -0.121. The van der Waals surface area contributed by atoms with E-state index in [0.717, 1.165) is 27.6 Å². The highest BCUT2D eigenvalue weighted by Crippen LogP contribution is 2.42. The van der Waals surface area contributed by atoms with Gasteiger partial charge in [-0.25, -0.2) is 0 Å². The van der Waals surface area contributed by atoms with Crippen LogP contribution in [0.3, 0.4) is 0 Å². The highest BCUT2D eigenvalue weighted by atomic mass is 16.5. The van der Waals surface area contributed by atoms with E-state index in [4.69, 9.17) is 9.47 Å². The van der Waals surface area contributed by atoms with E-state index in [1.807, 2.05) is 79.9 Å². The van der Waals surface area contributed by atoms with Crippen molar-refractivity contribution in [1.82, 2.24) is 10.3 Å². The van der Waals surface area contributed by atoms with Gasteiger partial charge in [-0.2, -0.15) is 0 Å². The zero-order valence-corrected chi connectivity index (χ0v) is 18.6. The van der Waals surface area contributed by atoms with E-state index in [0.29, 0.717) is 11.5 Å². The number of fused-ring (bicyclic) bond motifs is 1. The molecule has 0 unspecified atom stereocenters. The van der Waals surface area contributed by atoms with E-state index >= 15 is 0 Å². The van der Waals surface area contributed by atoms with E-state index in [9.17, 15) is 4.79 Å². The van der Waals surface area contributed by atoms with Gasteiger partial charge in [0.25, 0.3) is 0 Å². The fourth-order valence-corrected chi connectivity index (χ4v) is 4.27. The molecule has 164 valence electrons. The number of nitrogens with one attached hydrogen (secondary N) is 2. The average molecular weight is 429 g/mol. The maximum Gasteiger partial charge on any atom is 0.221 e. The van der Waals surface area contributed by atoms with Gasteiger partial charge in [-0.05, 0) is 30.2 Å². The number of hydrogen-bond donors (Lipinski definition) is 2. The minimum absolute atomic E-state index is 0.0264. The number of benzene rings is 3. The number of carbonyl (C=O) groups is 1. The van der Waals surface area contributed by atoms with Crippen LogP contribution in [0.2, 0.25) is 0 Å². The minimum Gasteiger partial charge on any atom is -0.493 e. The molecule has 0 aliphatic rings. The van der Waals surface area contributed by atoms with Crippen LogP contribution in [-0.4, -0.2) is 25.1 Å². The Morgan fingerprint density at radius 3 is 2.41 bits per heavy atom. The van der Waals surface area contributed by atoms with Crippen LogP contribution in [0.4, 0.5) is 0 Å². The molecule has 0 fully saturated rings. The van der Waals surface area contributed by atoms with Crippen LogP contribution in [0, 0.1) is 0 Å². The third-order valence-electron chi connectivity index (χ3n) is 5.87. The Hall–Kier alpha value is -3.73. The maximum absolute atomic E-state index is 13.2. The summed E-state index contributed by atoms with van der Waals surface area (Å²) in [4.78, 5) is 16.5. The molecule has 1 aromatic heterocycles. The largest absolute Gasteiger partial charge is 0.493 e. The summed E-state index contributed by atoms with van der Waals surface area (Å²) < 4.78 is 11.2. The number of rotatable bonds is 8. The molecule has 1 heterocycles. The van der Waals surface area contributed by atoms with Gasteiger partial charge >= 0.3 is 0 Å². The number of ether oxygens (including phenoxy) is 2. The van der Waals surface area contributed by atoms with Crippen LogP contribution in [0.5, 0.6) is 11.5 Å². The molecule has 0 saturated carbocycles. The SMILES string of the molecule is COc1cccc([C@@H](CC(=O)N[C@@H](C)c2ccccc2)c2c[nH]c3ccccc23)c1OC. The van der Waals surface area contributed by atoms with Crippen molar-refractivity contribution in [2.45, 2.75) is 25.3 Å². The molecule has 0 aliphatic heterocycles. The standard InChI is InChI=1S/C27H28N2O3/c1-18(19-10-5-4-6-11-19)29-26(30)16-22(21-13-9-15-25(31-2)27(21)32-3)23-17-28-24-14-8-7-12-20(23)24/h4-15,17-18,22,28H,16H2,1-3H3,(H,29,30)/t18-,22+/m0/s1. The van der Waals surface area contributed by atoms with Gasteiger partial charge in [0.05, 0.1) is 20.3 Å². The van der Waals surface area contributed by atoms with Crippen molar-refractivity contribution in [2.75, 3.05) is 14.2 Å². The van der Waals surface area contributed by atoms with Gasteiger partial charge in [-0.1, -0.05) is 60.7 Å². The van der Waals surface area contributed by atoms with Crippen LogP contribution in [0.15, 0.2) is 79.0 Å². The number of hydrogen-bond acceptors (Lipinski definition) is 3. The van der Waals surface area contributed by atoms with Crippen LogP contribution in [0.25, 0.3) is 10.9 Å². The van der Waals surface area contributed by atoms with Crippen LogP contribution >= 0.6 is 0 Å². The Morgan fingerprint density at radius 2 is 1.66 bits per heavy atom. The van der Waals surface area contributed by atoms with Crippen molar-refractivity contribution in [1.29, 1.82) is 0 Å². The first kappa shape index (κ1) is 21.5. The van der Waals surface area contributed by atoms with E-state index in [1.54, 1.807) is 14.2 Å². The number of H-pyrrole nitrogens is 1. The van der Waals surface area contributed by atoms with Gasteiger partial charge in [0, 0.05) is 35.0 Å². The summed E-state index contributed by atoms with van der Waals surface area (Å²) in [5.74, 6) is 1.06. The summed E-state index contributed by atoms with van der Waals surface area (Å²) in [5, 5.41) is 4.24. The van der Waals surface area contributed by atoms with Crippen molar-refractivity contribution in [3.05, 3.63) is 95.7 Å². The third kappa shape index (κ3) is 4.33. The number of para-hydroxylation sites is 2. The van der Waals surface area contributed by atoms with Crippen LogP contribution < -0.4 is 14.8 Å². The summed E-state index contributed by atoms with van der Waals surface area (Å²) in [6.07, 6.45) is 2.27. The van der Waals surface area contributed by atoms with Crippen molar-refractivity contribution in [3.63, 3.8) is 0 Å². The van der Waals surface area contributed by atoms with Gasteiger partial charge < -0.3 is 19.8 Å². The molecule has 2 N–H and O–H groups in total. The lowest BCUT2D eigenvalue weighted by Gasteiger charge is -2.22. The summed E-state index contributed by atoms with van der Waals surface area (Å²) in [5.41, 5.74) is 4.07. The molecule has 4 rings (SSSR count). The van der Waals surface area contributed by atoms with Crippen molar-refractivity contribution in [2.24, 2.45) is 0 Å². The number of methoxy groups -OCH3 is 2. The molecule has 3 aromatic carbocycles. The molecule has 32 heavy (non-hydrogen) atoms. The van der Waals surface area contributed by atoms with Gasteiger partial charge in [-0.15, -0.1) is 0 Å². The van der Waals surface area contributed by atoms with Crippen LogP contribution in [0.1, 0.15) is 42.0 Å². The van der Waals surface area contributed by atoms with Gasteiger partial charge in [0.2, 0.25) is 5.91 Å². The third-order valence-corrected chi connectivity index (χ3v) is 5.87. The van der Waals surface area contributed by atoms with Crippen LogP contribution in [-0.2, 0) is 4.79 Å². The number of aromatic nitrogens is 1. The second-order valence-electron chi connectivity index (χ2n) is 7.83.